The van der Waals surface area contributed by atoms with Crippen molar-refractivity contribution in [3.8, 4) is 0 Å². The lowest BCUT2D eigenvalue weighted by Crippen LogP contribution is -2.40. The van der Waals surface area contributed by atoms with Crippen LogP contribution in [0.2, 0.25) is 0 Å². The minimum Gasteiger partial charge on any atom is -0.369 e. The summed E-state index contributed by atoms with van der Waals surface area (Å²) >= 11 is 0. The van der Waals surface area contributed by atoms with Crippen LogP contribution < -0.4 is 21.3 Å². The third-order valence-electron chi connectivity index (χ3n) is 5.15. The number of aryl methyl sites for hydroxylation is 1. The van der Waals surface area contributed by atoms with E-state index in [-0.39, 0.29) is 11.8 Å². The minimum absolute atomic E-state index is 0.0266. The number of nitrogens with two attached hydrogens (primary N) is 1. The molecule has 0 bridgehead atoms. The Labute approximate surface area is 171 Å². The van der Waals surface area contributed by atoms with Crippen LogP contribution in [0.5, 0.6) is 0 Å². The van der Waals surface area contributed by atoms with Crippen molar-refractivity contribution >= 4 is 17.7 Å². The number of piperidine rings is 1. The number of rotatable bonds is 8. The zero-order valence-electron chi connectivity index (χ0n) is 16.9. The van der Waals surface area contributed by atoms with E-state index in [1.54, 1.807) is 19.4 Å². The second-order valence-electron chi connectivity index (χ2n) is 7.13. The first-order chi connectivity index (χ1) is 14.2. The summed E-state index contributed by atoms with van der Waals surface area (Å²) in [6.45, 7) is 3.87. The molecule has 2 aromatic rings. The van der Waals surface area contributed by atoms with Crippen LogP contribution in [-0.2, 0) is 17.9 Å². The second kappa shape index (κ2) is 10.4. The van der Waals surface area contributed by atoms with Gasteiger partial charge in [-0.3, -0.25) is 14.5 Å². The predicted molar refractivity (Wildman–Crippen MR) is 113 cm³/mol. The molecule has 1 amide bonds. The standard InChI is InChI=1S/C20H30N8O/c1-22-20(24-9-3-11-28-12-4-10-26-28)25-15-17-5-2-8-23-19(17)27-13-6-16(7-14-27)18(21)29/h2,4-5,8,10,12,16H,3,6-7,9,11,13-15H2,1H3,(H2,21,29)(H2,22,24,25). The second-order valence-corrected chi connectivity index (χ2v) is 7.13. The summed E-state index contributed by atoms with van der Waals surface area (Å²) in [5.74, 6) is 1.49. The van der Waals surface area contributed by atoms with Crippen molar-refractivity contribution in [1.82, 2.24) is 25.4 Å². The van der Waals surface area contributed by atoms with E-state index < -0.39 is 0 Å². The minimum atomic E-state index is -0.199. The van der Waals surface area contributed by atoms with Gasteiger partial charge in [-0.05, 0) is 31.4 Å². The smallest absolute Gasteiger partial charge is 0.220 e. The largest absolute Gasteiger partial charge is 0.369 e. The lowest BCUT2D eigenvalue weighted by atomic mass is 9.96. The fraction of sp³-hybridized carbons (Fsp3) is 0.500. The van der Waals surface area contributed by atoms with E-state index >= 15 is 0 Å². The first kappa shape index (κ1) is 20.6. The maximum atomic E-state index is 11.4. The molecule has 1 aliphatic heterocycles. The van der Waals surface area contributed by atoms with Gasteiger partial charge in [0, 0.05) is 69.8 Å². The van der Waals surface area contributed by atoms with Crippen LogP contribution in [-0.4, -0.2) is 53.3 Å². The van der Waals surface area contributed by atoms with Gasteiger partial charge in [0.1, 0.15) is 5.82 Å². The number of amides is 1. The summed E-state index contributed by atoms with van der Waals surface area (Å²) in [4.78, 5) is 22.5. The lowest BCUT2D eigenvalue weighted by Gasteiger charge is -2.32. The third kappa shape index (κ3) is 5.94. The molecule has 9 nitrogen and oxygen atoms in total. The third-order valence-corrected chi connectivity index (χ3v) is 5.15. The highest BCUT2D eigenvalue weighted by Crippen LogP contribution is 2.24. The van der Waals surface area contributed by atoms with Crippen LogP contribution in [0.4, 0.5) is 5.82 Å². The molecule has 1 fully saturated rings. The van der Waals surface area contributed by atoms with E-state index in [0.29, 0.717) is 6.54 Å². The Hall–Kier alpha value is -3.10. The van der Waals surface area contributed by atoms with E-state index in [4.69, 9.17) is 5.73 Å². The molecular formula is C20H30N8O. The molecule has 0 saturated carbocycles. The van der Waals surface area contributed by atoms with Gasteiger partial charge in [-0.1, -0.05) is 6.07 Å². The van der Waals surface area contributed by atoms with Gasteiger partial charge in [0.15, 0.2) is 5.96 Å². The molecule has 2 aromatic heterocycles. The topological polar surface area (TPSA) is 113 Å². The number of carbonyl (C=O) groups is 1. The average molecular weight is 399 g/mol. The number of aliphatic imine (C=N–C) groups is 1. The molecule has 156 valence electrons. The molecule has 1 aliphatic rings. The SMILES string of the molecule is CN=C(NCCCn1cccn1)NCc1cccnc1N1CCC(C(N)=O)CC1. The van der Waals surface area contributed by atoms with Gasteiger partial charge in [0.05, 0.1) is 0 Å². The number of nitrogens with zero attached hydrogens (tertiary/aromatic N) is 5. The number of primary amides is 1. The van der Waals surface area contributed by atoms with E-state index in [9.17, 15) is 4.79 Å². The van der Waals surface area contributed by atoms with Crippen molar-refractivity contribution in [2.24, 2.45) is 16.6 Å². The normalized spacial score (nSPS) is 15.3. The summed E-state index contributed by atoms with van der Waals surface area (Å²) in [6.07, 6.45) is 8.06. The van der Waals surface area contributed by atoms with Crippen molar-refractivity contribution in [2.45, 2.75) is 32.4 Å². The van der Waals surface area contributed by atoms with E-state index in [1.165, 1.54) is 0 Å². The Balaban J connectivity index is 1.49. The maximum Gasteiger partial charge on any atom is 0.220 e. The molecule has 0 spiro atoms. The number of hydrogen-bond donors (Lipinski definition) is 3. The molecule has 9 heteroatoms. The van der Waals surface area contributed by atoms with Crippen molar-refractivity contribution < 1.29 is 4.79 Å². The van der Waals surface area contributed by atoms with Crippen LogP contribution in [0, 0.1) is 5.92 Å². The molecule has 0 aromatic carbocycles. The van der Waals surface area contributed by atoms with Crippen molar-refractivity contribution in [3.05, 3.63) is 42.4 Å². The molecule has 4 N–H and O–H groups in total. The molecule has 0 unspecified atom stereocenters. The van der Waals surface area contributed by atoms with Crippen molar-refractivity contribution in [1.29, 1.82) is 0 Å². The fourth-order valence-electron chi connectivity index (χ4n) is 3.51. The van der Waals surface area contributed by atoms with Gasteiger partial charge in [0.2, 0.25) is 5.91 Å². The number of nitrogens with one attached hydrogen (secondary N) is 2. The molecule has 3 rings (SSSR count). The van der Waals surface area contributed by atoms with Crippen LogP contribution in [0.1, 0.15) is 24.8 Å². The number of anilines is 1. The van der Waals surface area contributed by atoms with E-state index in [1.807, 2.05) is 23.0 Å². The summed E-state index contributed by atoms with van der Waals surface area (Å²) in [5, 5.41) is 10.9. The Morgan fingerprint density at radius 3 is 2.79 bits per heavy atom. The zero-order valence-corrected chi connectivity index (χ0v) is 16.9. The molecule has 0 radical (unpaired) electrons. The molecule has 0 atom stereocenters. The molecule has 0 aliphatic carbocycles. The van der Waals surface area contributed by atoms with E-state index in [0.717, 1.165) is 62.8 Å². The number of pyridine rings is 1. The number of carbonyl (C=O) groups excluding carboxylic acids is 1. The Bertz CT molecular complexity index is 797. The summed E-state index contributed by atoms with van der Waals surface area (Å²) < 4.78 is 1.92. The molecular weight excluding hydrogens is 368 g/mol. The number of hydrogen-bond acceptors (Lipinski definition) is 5. The van der Waals surface area contributed by atoms with Gasteiger partial charge in [-0.2, -0.15) is 5.10 Å². The molecule has 1 saturated heterocycles. The van der Waals surface area contributed by atoms with Gasteiger partial charge in [0.25, 0.3) is 0 Å². The van der Waals surface area contributed by atoms with E-state index in [2.05, 4.69) is 36.7 Å². The molecule has 3 heterocycles. The van der Waals surface area contributed by atoms with Crippen LogP contribution in [0.3, 0.4) is 0 Å². The number of guanidine groups is 1. The Morgan fingerprint density at radius 1 is 1.28 bits per heavy atom. The van der Waals surface area contributed by atoms with Crippen LogP contribution in [0.25, 0.3) is 0 Å². The van der Waals surface area contributed by atoms with Crippen LogP contribution in [0.15, 0.2) is 41.8 Å². The first-order valence-electron chi connectivity index (χ1n) is 10.1. The summed E-state index contributed by atoms with van der Waals surface area (Å²) in [7, 11) is 1.77. The highest BCUT2D eigenvalue weighted by Gasteiger charge is 2.24. The Kier molecular flexibility index (Phi) is 7.43. The maximum absolute atomic E-state index is 11.4. The predicted octanol–water partition coefficient (Wildman–Crippen LogP) is 0.735. The lowest BCUT2D eigenvalue weighted by molar-refractivity contribution is -0.122. The highest BCUT2D eigenvalue weighted by atomic mass is 16.1. The van der Waals surface area contributed by atoms with Gasteiger partial charge < -0.3 is 21.3 Å². The van der Waals surface area contributed by atoms with Gasteiger partial charge >= 0.3 is 0 Å². The monoisotopic (exact) mass is 398 g/mol. The summed E-state index contributed by atoms with van der Waals surface area (Å²) in [5.41, 5.74) is 6.55. The van der Waals surface area contributed by atoms with Gasteiger partial charge in [-0.25, -0.2) is 4.98 Å². The fourth-order valence-corrected chi connectivity index (χ4v) is 3.51. The highest BCUT2D eigenvalue weighted by molar-refractivity contribution is 5.79. The van der Waals surface area contributed by atoms with Crippen molar-refractivity contribution in [2.75, 3.05) is 31.6 Å². The summed E-state index contributed by atoms with van der Waals surface area (Å²) in [6, 6.07) is 5.94. The van der Waals surface area contributed by atoms with Gasteiger partial charge in [-0.15, -0.1) is 0 Å². The van der Waals surface area contributed by atoms with Crippen molar-refractivity contribution in [3.63, 3.8) is 0 Å². The molecule has 29 heavy (non-hydrogen) atoms. The zero-order chi connectivity index (χ0) is 20.5. The Morgan fingerprint density at radius 2 is 2.10 bits per heavy atom. The quantitative estimate of drug-likeness (QED) is 0.343. The van der Waals surface area contributed by atoms with Crippen LogP contribution >= 0.6 is 0 Å². The first-order valence-corrected chi connectivity index (χ1v) is 10.1. The number of aromatic nitrogens is 3. The average Bonchev–Trinajstić information content (AvgIpc) is 3.27.